The first-order valence-electron chi connectivity index (χ1n) is 11.4. The van der Waals surface area contributed by atoms with Gasteiger partial charge in [-0.15, -0.1) is 5.10 Å². The van der Waals surface area contributed by atoms with Crippen LogP contribution in [0.4, 0.5) is 0 Å². The molecule has 0 radical (unpaired) electrons. The number of nitrogens with zero attached hydrogens (tertiary/aromatic N) is 5. The second kappa shape index (κ2) is 8.91. The summed E-state index contributed by atoms with van der Waals surface area (Å²) >= 11 is 1.95. The molecule has 2 aliphatic rings. The van der Waals surface area contributed by atoms with Gasteiger partial charge in [0, 0.05) is 10.8 Å². The molecule has 3 atom stereocenters. The summed E-state index contributed by atoms with van der Waals surface area (Å²) in [6, 6.07) is 7.03. The minimum absolute atomic E-state index is 0.122. The molecular formula is C25H35N5S. The van der Waals surface area contributed by atoms with Gasteiger partial charge in [-0.05, 0) is 99.7 Å². The molecule has 4 rings (SSSR count). The van der Waals surface area contributed by atoms with Gasteiger partial charge in [-0.2, -0.15) is 16.4 Å². The van der Waals surface area contributed by atoms with Crippen LogP contribution in [0, 0.1) is 13.8 Å². The van der Waals surface area contributed by atoms with E-state index in [-0.39, 0.29) is 10.8 Å². The lowest BCUT2D eigenvalue weighted by Gasteiger charge is -2.39. The number of benzene rings is 1. The molecule has 1 fully saturated rings. The number of tetrazole rings is 1. The second-order valence-electron chi connectivity index (χ2n) is 9.28. The third-order valence-corrected chi connectivity index (χ3v) is 8.86. The second-order valence-corrected chi connectivity index (χ2v) is 10.5. The van der Waals surface area contributed by atoms with Crippen LogP contribution in [0.25, 0.3) is 5.69 Å². The van der Waals surface area contributed by atoms with Crippen molar-refractivity contribution in [3.8, 4) is 5.69 Å². The predicted octanol–water partition coefficient (Wildman–Crippen LogP) is 5.59. The normalized spacial score (nSPS) is 25.5. The van der Waals surface area contributed by atoms with Crippen molar-refractivity contribution in [1.29, 1.82) is 0 Å². The molecule has 31 heavy (non-hydrogen) atoms. The maximum atomic E-state index is 4.62. The van der Waals surface area contributed by atoms with E-state index < -0.39 is 0 Å². The zero-order valence-corrected chi connectivity index (χ0v) is 20.4. The van der Waals surface area contributed by atoms with Crippen LogP contribution in [-0.2, 0) is 0 Å². The first-order valence-corrected chi connectivity index (χ1v) is 12.6. The molecule has 2 heterocycles. The number of hydrogen-bond donors (Lipinski definition) is 0. The molecular weight excluding hydrogens is 402 g/mol. The topological polar surface area (TPSA) is 46.8 Å². The molecule has 0 spiro atoms. The Labute approximate surface area is 191 Å². The van der Waals surface area contributed by atoms with Gasteiger partial charge in [0.25, 0.3) is 0 Å². The highest BCUT2D eigenvalue weighted by Gasteiger charge is 2.39. The monoisotopic (exact) mass is 437 g/mol. The average molecular weight is 438 g/mol. The smallest absolute Gasteiger partial charge is 0.178 e. The van der Waals surface area contributed by atoms with Crippen molar-refractivity contribution in [2.24, 2.45) is 0 Å². The Bertz CT molecular complexity index is 973. The summed E-state index contributed by atoms with van der Waals surface area (Å²) in [5.41, 5.74) is 6.24. The zero-order chi connectivity index (χ0) is 22.2. The summed E-state index contributed by atoms with van der Waals surface area (Å²) in [4.78, 5) is 2.62. The van der Waals surface area contributed by atoms with Crippen molar-refractivity contribution in [3.63, 3.8) is 0 Å². The minimum Gasteiger partial charge on any atom is -0.287 e. The lowest BCUT2D eigenvalue weighted by Crippen LogP contribution is -2.37. The lowest BCUT2D eigenvalue weighted by molar-refractivity contribution is 0.201. The zero-order valence-electron chi connectivity index (χ0n) is 19.6. The summed E-state index contributed by atoms with van der Waals surface area (Å²) in [6.07, 6.45) is 10.4. The minimum atomic E-state index is 0.122. The predicted molar refractivity (Wildman–Crippen MR) is 130 cm³/mol. The largest absolute Gasteiger partial charge is 0.287 e. The van der Waals surface area contributed by atoms with Gasteiger partial charge in [0.1, 0.15) is 0 Å². The Morgan fingerprint density at radius 3 is 2.58 bits per heavy atom. The van der Waals surface area contributed by atoms with E-state index in [2.05, 4.69) is 85.2 Å². The Balaban J connectivity index is 1.79. The van der Waals surface area contributed by atoms with Crippen LogP contribution in [0.2, 0.25) is 0 Å². The quantitative estimate of drug-likeness (QED) is 0.551. The number of aromatic nitrogens is 4. The summed E-state index contributed by atoms with van der Waals surface area (Å²) in [5.74, 6) is 0.948. The van der Waals surface area contributed by atoms with Crippen LogP contribution in [0.1, 0.15) is 68.9 Å². The first kappa shape index (κ1) is 22.3. The van der Waals surface area contributed by atoms with E-state index >= 15 is 0 Å². The summed E-state index contributed by atoms with van der Waals surface area (Å²) in [5, 5.41) is 13.3. The summed E-state index contributed by atoms with van der Waals surface area (Å²) < 4.78 is 2.15. The van der Waals surface area contributed by atoms with Gasteiger partial charge in [0.05, 0.1) is 11.7 Å². The van der Waals surface area contributed by atoms with Crippen molar-refractivity contribution in [2.75, 3.05) is 12.8 Å². The van der Waals surface area contributed by atoms with Crippen molar-refractivity contribution in [2.45, 2.75) is 76.6 Å². The molecule has 166 valence electrons. The number of para-hydroxylation sites is 1. The lowest BCUT2D eigenvalue weighted by atomic mass is 9.81. The van der Waals surface area contributed by atoms with Gasteiger partial charge in [-0.3, -0.25) is 4.90 Å². The van der Waals surface area contributed by atoms with Crippen LogP contribution in [0.3, 0.4) is 0 Å². The van der Waals surface area contributed by atoms with Crippen molar-refractivity contribution >= 4 is 11.8 Å². The molecule has 1 saturated heterocycles. The average Bonchev–Trinajstić information content (AvgIpc) is 3.39. The third kappa shape index (κ3) is 4.00. The number of rotatable bonds is 6. The van der Waals surface area contributed by atoms with E-state index in [1.807, 2.05) is 16.4 Å². The highest BCUT2D eigenvalue weighted by Crippen LogP contribution is 2.47. The summed E-state index contributed by atoms with van der Waals surface area (Å²) in [6.45, 7) is 14.2. The van der Waals surface area contributed by atoms with Gasteiger partial charge in [0.15, 0.2) is 5.82 Å². The number of aryl methyl sites for hydroxylation is 2. The van der Waals surface area contributed by atoms with E-state index in [9.17, 15) is 0 Å². The highest BCUT2D eigenvalue weighted by atomic mass is 32.2. The van der Waals surface area contributed by atoms with Crippen molar-refractivity contribution < 1.29 is 0 Å². The van der Waals surface area contributed by atoms with Crippen LogP contribution >= 0.6 is 11.8 Å². The van der Waals surface area contributed by atoms with E-state index in [1.54, 1.807) is 0 Å². The van der Waals surface area contributed by atoms with Crippen molar-refractivity contribution in [1.82, 2.24) is 25.1 Å². The molecule has 2 aromatic rings. The Kier molecular flexibility index (Phi) is 6.40. The molecule has 1 aromatic heterocycles. The van der Waals surface area contributed by atoms with Crippen LogP contribution in [-0.4, -0.2) is 48.7 Å². The number of allylic oxidation sites excluding steroid dienone is 1. The van der Waals surface area contributed by atoms with Gasteiger partial charge in [-0.25, -0.2) is 0 Å². The third-order valence-electron chi connectivity index (χ3n) is 7.36. The van der Waals surface area contributed by atoms with E-state index in [0.717, 1.165) is 37.3 Å². The van der Waals surface area contributed by atoms with Crippen molar-refractivity contribution in [3.05, 3.63) is 59.0 Å². The van der Waals surface area contributed by atoms with E-state index in [0.29, 0.717) is 6.04 Å². The molecule has 3 unspecified atom stereocenters. The molecule has 1 aliphatic carbocycles. The molecule has 0 amide bonds. The fourth-order valence-corrected chi connectivity index (χ4v) is 6.28. The number of hydrogen-bond acceptors (Lipinski definition) is 5. The highest BCUT2D eigenvalue weighted by molar-refractivity contribution is 8.00. The van der Waals surface area contributed by atoms with Gasteiger partial charge in [-0.1, -0.05) is 36.4 Å². The fourth-order valence-electron chi connectivity index (χ4n) is 5.37. The molecule has 6 heteroatoms. The maximum absolute atomic E-state index is 4.62. The fraction of sp³-hybridized carbons (Fsp3) is 0.560. The van der Waals surface area contributed by atoms with Gasteiger partial charge >= 0.3 is 0 Å². The molecule has 5 nitrogen and oxygen atoms in total. The maximum Gasteiger partial charge on any atom is 0.178 e. The molecule has 1 aromatic carbocycles. The SMILES string of the molecule is C=C(C)C1(SC)CC=C(C(c2nnnn2-c2c(C)cccc2C)N2CCCC2C)CC1. The molecule has 0 saturated carbocycles. The van der Waals surface area contributed by atoms with E-state index in [4.69, 9.17) is 0 Å². The molecule has 0 N–H and O–H groups in total. The Hall–Kier alpha value is -1.92. The van der Waals surface area contributed by atoms with Crippen LogP contribution < -0.4 is 0 Å². The van der Waals surface area contributed by atoms with Gasteiger partial charge < -0.3 is 0 Å². The van der Waals surface area contributed by atoms with Crippen LogP contribution in [0.15, 0.2) is 42.0 Å². The van der Waals surface area contributed by atoms with Gasteiger partial charge in [0.2, 0.25) is 0 Å². The number of likely N-dealkylation sites (tertiary alicyclic amines) is 1. The van der Waals surface area contributed by atoms with E-state index in [1.165, 1.54) is 35.1 Å². The standard InChI is InChI=1S/C25H35N5S/c1-17(2)25(31-6)14-12-21(13-15-25)23(29-16-8-11-20(29)5)24-26-27-28-30(24)22-18(3)9-7-10-19(22)4/h7,9-10,12,20,23H,1,8,11,13-16H2,2-6H3. The summed E-state index contributed by atoms with van der Waals surface area (Å²) in [7, 11) is 0. The Morgan fingerprint density at radius 1 is 1.29 bits per heavy atom. The number of thioether (sulfide) groups is 1. The Morgan fingerprint density at radius 2 is 2.03 bits per heavy atom. The molecule has 0 bridgehead atoms. The first-order chi connectivity index (χ1) is 14.9. The molecule has 1 aliphatic heterocycles. The van der Waals surface area contributed by atoms with Crippen LogP contribution in [0.5, 0.6) is 0 Å².